The highest BCUT2D eigenvalue weighted by Gasteiger charge is 2.27. The van der Waals surface area contributed by atoms with E-state index in [4.69, 9.17) is 22.4 Å². The standard InChI is InChI=1S/C29H29ClN6O2/c1-16-6-5-7-23(32-16)34-28(38)20-10-8-18(15-21(20)30)25-24(26(31)37)27-33-22-11-9-19(29(2,3)4)14-17(22)12-13-36(27)35-25/h5-11,14-15,33H,12-13H2,1-4H3,(H2,31,37)(H,32,34,38). The summed E-state index contributed by atoms with van der Waals surface area (Å²) in [5, 5.41) is 11.1. The normalized spacial score (nSPS) is 12.7. The SMILES string of the molecule is Cc1cccc(NC(=O)c2ccc(-c3nn4c(c3C(N)=O)Nc3ccc(C(C)(C)C)cc3CC4)cc2Cl)n1. The Hall–Kier alpha value is -4.17. The van der Waals surface area contributed by atoms with E-state index in [1.807, 2.05) is 25.1 Å². The highest BCUT2D eigenvalue weighted by atomic mass is 35.5. The third-order valence-corrected chi connectivity index (χ3v) is 6.95. The lowest BCUT2D eigenvalue weighted by molar-refractivity contribution is 0.0998. The lowest BCUT2D eigenvalue weighted by Gasteiger charge is -2.21. The number of hydrogen-bond donors (Lipinski definition) is 3. The molecule has 0 saturated heterocycles. The molecule has 4 aromatic rings. The second-order valence-corrected chi connectivity index (χ2v) is 10.9. The van der Waals surface area contributed by atoms with Gasteiger partial charge in [0.2, 0.25) is 0 Å². The van der Waals surface area contributed by atoms with Gasteiger partial charge in [-0.05, 0) is 60.2 Å². The van der Waals surface area contributed by atoms with Crippen molar-refractivity contribution in [1.29, 1.82) is 0 Å². The van der Waals surface area contributed by atoms with E-state index >= 15 is 0 Å². The Kier molecular flexibility index (Phi) is 6.44. The first kappa shape index (κ1) is 25.5. The van der Waals surface area contributed by atoms with Crippen LogP contribution >= 0.6 is 11.6 Å². The van der Waals surface area contributed by atoms with Crippen molar-refractivity contribution in [1.82, 2.24) is 14.8 Å². The molecule has 0 radical (unpaired) electrons. The Morgan fingerprint density at radius 2 is 1.89 bits per heavy atom. The number of rotatable bonds is 4. The fourth-order valence-electron chi connectivity index (χ4n) is 4.57. The van der Waals surface area contributed by atoms with Gasteiger partial charge in [-0.1, -0.05) is 56.6 Å². The van der Waals surface area contributed by atoms with Gasteiger partial charge in [0.05, 0.1) is 10.6 Å². The Bertz CT molecular complexity index is 1580. The van der Waals surface area contributed by atoms with E-state index in [1.54, 1.807) is 28.9 Å². The van der Waals surface area contributed by atoms with E-state index < -0.39 is 5.91 Å². The van der Waals surface area contributed by atoms with Crippen molar-refractivity contribution in [3.05, 3.63) is 87.6 Å². The molecule has 9 heteroatoms. The molecule has 2 aromatic carbocycles. The molecule has 194 valence electrons. The summed E-state index contributed by atoms with van der Waals surface area (Å²) in [4.78, 5) is 29.8. The van der Waals surface area contributed by atoms with Gasteiger partial charge in [-0.3, -0.25) is 9.59 Å². The van der Waals surface area contributed by atoms with Gasteiger partial charge in [-0.2, -0.15) is 5.10 Å². The minimum atomic E-state index is -0.605. The third kappa shape index (κ3) is 4.87. The molecule has 2 aromatic heterocycles. The Morgan fingerprint density at radius 3 is 2.58 bits per heavy atom. The minimum Gasteiger partial charge on any atom is -0.365 e. The Balaban J connectivity index is 1.48. The van der Waals surface area contributed by atoms with Crippen LogP contribution in [0.2, 0.25) is 5.02 Å². The van der Waals surface area contributed by atoms with Crippen LogP contribution in [0, 0.1) is 6.92 Å². The van der Waals surface area contributed by atoms with Crippen LogP contribution in [-0.4, -0.2) is 26.6 Å². The first-order valence-electron chi connectivity index (χ1n) is 12.4. The zero-order valence-corrected chi connectivity index (χ0v) is 22.5. The summed E-state index contributed by atoms with van der Waals surface area (Å²) >= 11 is 6.53. The average Bonchev–Trinajstić information content (AvgIpc) is 3.11. The van der Waals surface area contributed by atoms with E-state index in [0.29, 0.717) is 29.4 Å². The predicted octanol–water partition coefficient (Wildman–Crippen LogP) is 5.86. The smallest absolute Gasteiger partial charge is 0.258 e. The zero-order chi connectivity index (χ0) is 27.2. The number of pyridine rings is 1. The second kappa shape index (κ2) is 9.61. The highest BCUT2D eigenvalue weighted by molar-refractivity contribution is 6.34. The summed E-state index contributed by atoms with van der Waals surface area (Å²) in [7, 11) is 0. The summed E-state index contributed by atoms with van der Waals surface area (Å²) in [6.45, 7) is 8.96. The Labute approximate surface area is 226 Å². The van der Waals surface area contributed by atoms with Gasteiger partial charge >= 0.3 is 0 Å². The van der Waals surface area contributed by atoms with Crippen molar-refractivity contribution >= 4 is 40.7 Å². The number of hydrogen-bond acceptors (Lipinski definition) is 5. The third-order valence-electron chi connectivity index (χ3n) is 6.63. The van der Waals surface area contributed by atoms with Gasteiger partial charge in [0.15, 0.2) is 0 Å². The van der Waals surface area contributed by atoms with Crippen molar-refractivity contribution in [2.45, 2.75) is 46.1 Å². The number of nitrogens with two attached hydrogens (primary N) is 1. The number of anilines is 3. The van der Waals surface area contributed by atoms with Crippen LogP contribution in [0.5, 0.6) is 0 Å². The van der Waals surface area contributed by atoms with Gasteiger partial charge in [-0.15, -0.1) is 0 Å². The summed E-state index contributed by atoms with van der Waals surface area (Å²) < 4.78 is 1.77. The minimum absolute atomic E-state index is 0.0271. The number of carbonyl (C=O) groups is 2. The fourth-order valence-corrected chi connectivity index (χ4v) is 4.84. The first-order valence-corrected chi connectivity index (χ1v) is 12.7. The monoisotopic (exact) mass is 528 g/mol. The van der Waals surface area contributed by atoms with Crippen LogP contribution in [0.25, 0.3) is 11.3 Å². The molecule has 0 aliphatic carbocycles. The van der Waals surface area contributed by atoms with Crippen molar-refractivity contribution in [3.8, 4) is 11.3 Å². The quantitative estimate of drug-likeness (QED) is 0.307. The van der Waals surface area contributed by atoms with E-state index in [-0.39, 0.29) is 27.5 Å². The molecule has 0 bridgehead atoms. The first-order chi connectivity index (χ1) is 18.0. The molecule has 0 atom stereocenters. The van der Waals surface area contributed by atoms with Gasteiger partial charge in [0, 0.05) is 23.5 Å². The van der Waals surface area contributed by atoms with E-state index in [2.05, 4.69) is 48.5 Å². The number of nitrogens with zero attached hydrogens (tertiary/aromatic N) is 3. The van der Waals surface area contributed by atoms with Crippen LogP contribution in [0.15, 0.2) is 54.6 Å². The highest BCUT2D eigenvalue weighted by Crippen LogP contribution is 2.37. The number of aryl methyl sites for hydroxylation is 3. The number of halogens is 1. The second-order valence-electron chi connectivity index (χ2n) is 10.5. The molecule has 0 fully saturated rings. The largest absolute Gasteiger partial charge is 0.365 e. The van der Waals surface area contributed by atoms with Gasteiger partial charge < -0.3 is 16.4 Å². The molecule has 1 aliphatic heterocycles. The molecule has 1 aliphatic rings. The molecule has 2 amide bonds. The number of aromatic nitrogens is 3. The van der Waals surface area contributed by atoms with Gasteiger partial charge in [0.25, 0.3) is 11.8 Å². The summed E-state index contributed by atoms with van der Waals surface area (Å²) in [5.41, 5.74) is 11.5. The molecule has 3 heterocycles. The summed E-state index contributed by atoms with van der Waals surface area (Å²) in [6, 6.07) is 16.6. The van der Waals surface area contributed by atoms with Crippen molar-refractivity contribution in [3.63, 3.8) is 0 Å². The summed E-state index contributed by atoms with van der Waals surface area (Å²) in [5.74, 6) is -0.0153. The molecular weight excluding hydrogens is 500 g/mol. The molecule has 0 saturated carbocycles. The number of fused-ring (bicyclic) bond motifs is 2. The molecule has 38 heavy (non-hydrogen) atoms. The zero-order valence-electron chi connectivity index (χ0n) is 21.7. The van der Waals surface area contributed by atoms with E-state index in [0.717, 1.165) is 23.4 Å². The van der Waals surface area contributed by atoms with Gasteiger partial charge in [0.1, 0.15) is 22.9 Å². The number of primary amides is 1. The summed E-state index contributed by atoms with van der Waals surface area (Å²) in [6.07, 6.45) is 0.742. The number of carbonyl (C=O) groups excluding carboxylic acids is 2. The van der Waals surface area contributed by atoms with E-state index in [1.165, 1.54) is 5.56 Å². The fraction of sp³-hybridized carbons (Fsp3) is 0.241. The molecule has 0 spiro atoms. The van der Waals surface area contributed by atoms with Crippen molar-refractivity contribution in [2.24, 2.45) is 5.73 Å². The molecule has 5 rings (SSSR count). The lowest BCUT2D eigenvalue weighted by atomic mass is 9.85. The van der Waals surface area contributed by atoms with Gasteiger partial charge in [-0.25, -0.2) is 9.67 Å². The van der Waals surface area contributed by atoms with Crippen LogP contribution < -0.4 is 16.4 Å². The van der Waals surface area contributed by atoms with Crippen molar-refractivity contribution in [2.75, 3.05) is 10.6 Å². The van der Waals surface area contributed by atoms with Crippen LogP contribution in [0.4, 0.5) is 17.3 Å². The number of amides is 2. The topological polar surface area (TPSA) is 115 Å². The van der Waals surface area contributed by atoms with Crippen LogP contribution in [0.3, 0.4) is 0 Å². The lowest BCUT2D eigenvalue weighted by Crippen LogP contribution is -2.15. The van der Waals surface area contributed by atoms with Crippen LogP contribution in [-0.2, 0) is 18.4 Å². The maximum atomic E-state index is 12.8. The molecule has 4 N–H and O–H groups in total. The average molecular weight is 529 g/mol. The molecule has 8 nitrogen and oxygen atoms in total. The van der Waals surface area contributed by atoms with Crippen molar-refractivity contribution < 1.29 is 9.59 Å². The maximum Gasteiger partial charge on any atom is 0.258 e. The predicted molar refractivity (Wildman–Crippen MR) is 150 cm³/mol. The molecule has 0 unspecified atom stereocenters. The Morgan fingerprint density at radius 1 is 1.11 bits per heavy atom. The maximum absolute atomic E-state index is 12.8. The van der Waals surface area contributed by atoms with Crippen LogP contribution in [0.1, 0.15) is 58.3 Å². The number of nitrogens with one attached hydrogen (secondary N) is 2. The van der Waals surface area contributed by atoms with E-state index in [9.17, 15) is 9.59 Å². The number of benzene rings is 2. The molecular formula is C29H29ClN6O2.